The van der Waals surface area contributed by atoms with E-state index >= 15 is 0 Å². The lowest BCUT2D eigenvalue weighted by Gasteiger charge is -2.08. The van der Waals surface area contributed by atoms with Crippen molar-refractivity contribution in [3.8, 4) is 39.5 Å². The molecular weight excluding hydrogens is 789 g/mol. The Balaban J connectivity index is 0.000000170. The van der Waals surface area contributed by atoms with E-state index in [1.54, 1.807) is 6.92 Å². The molecule has 4 heteroatoms. The minimum atomic E-state index is -1.29. The van der Waals surface area contributed by atoms with Crippen molar-refractivity contribution >= 4 is 0 Å². The van der Waals surface area contributed by atoms with E-state index in [4.69, 9.17) is 4.11 Å². The lowest BCUT2D eigenvalue weighted by atomic mass is 9.99. The van der Waals surface area contributed by atoms with Gasteiger partial charge in [-0.2, -0.15) is 4.57 Å². The first-order valence-corrected chi connectivity index (χ1v) is 23.0. The Labute approximate surface area is 396 Å². The van der Waals surface area contributed by atoms with Crippen LogP contribution in [-0.4, -0.2) is 0 Å². The highest BCUT2D eigenvalue weighted by Crippen LogP contribution is 2.24. The van der Waals surface area contributed by atoms with Crippen LogP contribution in [0.15, 0.2) is 170 Å². The Morgan fingerprint density at radius 1 is 0.462 bits per heavy atom. The van der Waals surface area contributed by atoms with Crippen LogP contribution in [0.25, 0.3) is 39.5 Å². The highest BCUT2D eigenvalue weighted by molar-refractivity contribution is 5.63. The number of benzene rings is 4. The number of pyridine rings is 4. The van der Waals surface area contributed by atoms with Crippen molar-refractivity contribution in [2.24, 2.45) is 21.1 Å². The van der Waals surface area contributed by atoms with Gasteiger partial charge in [-0.3, -0.25) is 0 Å². The molecule has 0 unspecified atom stereocenters. The van der Waals surface area contributed by atoms with Crippen LogP contribution in [0.5, 0.6) is 0 Å². The van der Waals surface area contributed by atoms with Crippen LogP contribution >= 0.6 is 0 Å². The van der Waals surface area contributed by atoms with Crippen molar-refractivity contribution in [3.05, 3.63) is 221 Å². The number of aryl methyl sites for hydroxylation is 11. The molecule has 0 amide bonds. The van der Waals surface area contributed by atoms with Gasteiger partial charge in [-0.1, -0.05) is 95.3 Å². The second kappa shape index (κ2) is 24.0. The maximum absolute atomic E-state index is 8.15. The third-order valence-electron chi connectivity index (χ3n) is 12.0. The second-order valence-corrected chi connectivity index (χ2v) is 17.1. The van der Waals surface area contributed by atoms with E-state index in [0.29, 0.717) is 0 Å². The quantitative estimate of drug-likeness (QED) is 0.135. The summed E-state index contributed by atoms with van der Waals surface area (Å²) in [7, 11) is 6.15. The highest BCUT2D eigenvalue weighted by atomic mass is 15.0. The van der Waals surface area contributed by atoms with Crippen molar-refractivity contribution < 1.29 is 22.4 Å². The van der Waals surface area contributed by atoms with Gasteiger partial charge in [0.1, 0.15) is 21.1 Å². The normalized spacial score (nSPS) is 11.6. The number of para-hydroxylation sites is 1. The van der Waals surface area contributed by atoms with Gasteiger partial charge in [-0.15, -0.1) is 0 Å². The monoisotopic (exact) mass is 866 g/mol. The Hall–Kier alpha value is -6.52. The number of nitrogens with zero attached hydrogens (tertiary/aromatic N) is 4. The standard InChI is InChI=1S/C16H20N.3C15H18N/c1-12(2)14-9-10-17(4)16(11-14)15-8-6-5-7-13(15)3;2*1-4-13-8-9-14(12(2)11-13)15-7-5-6-10-16(15)3;1-4-14-10-9-13(3)16(11-14)15-8-6-5-7-12(15)2/h5-12H,1-4H3;3*5-11H,4H2,1-3H3/q4*+1/i12D;4D2;;. The molecule has 0 aliphatic carbocycles. The molecule has 0 N–H and O–H groups in total. The van der Waals surface area contributed by atoms with Crippen molar-refractivity contribution in [3.63, 3.8) is 0 Å². The van der Waals surface area contributed by atoms with E-state index in [-0.39, 0.29) is 0 Å². The van der Waals surface area contributed by atoms with Crippen LogP contribution in [0.2, 0.25) is 0 Å². The van der Waals surface area contributed by atoms with Crippen molar-refractivity contribution in [2.45, 2.75) is 94.3 Å². The summed E-state index contributed by atoms with van der Waals surface area (Å²) in [6.45, 7) is 20.4. The van der Waals surface area contributed by atoms with Crippen LogP contribution < -0.4 is 18.3 Å². The fraction of sp³-hybridized carbons (Fsp3) is 0.279. The molecular formula is C61H74N4+4. The van der Waals surface area contributed by atoms with Crippen molar-refractivity contribution in [2.75, 3.05) is 0 Å². The van der Waals surface area contributed by atoms with Crippen LogP contribution in [0, 0.1) is 34.6 Å². The maximum atomic E-state index is 8.15. The molecule has 0 saturated carbocycles. The fourth-order valence-corrected chi connectivity index (χ4v) is 7.88. The van der Waals surface area contributed by atoms with Gasteiger partial charge in [0.05, 0.1) is 0 Å². The highest BCUT2D eigenvalue weighted by Gasteiger charge is 2.16. The maximum Gasteiger partial charge on any atom is 0.213 e. The van der Waals surface area contributed by atoms with E-state index in [9.17, 15) is 0 Å². The predicted molar refractivity (Wildman–Crippen MR) is 273 cm³/mol. The largest absolute Gasteiger partial charge is 0.213 e. The van der Waals surface area contributed by atoms with Crippen LogP contribution in [0.1, 0.15) is 94.8 Å². The summed E-state index contributed by atoms with van der Waals surface area (Å²) in [5.41, 5.74) is 19.3. The van der Waals surface area contributed by atoms with Gasteiger partial charge in [-0.05, 0) is 123 Å². The molecule has 8 rings (SSSR count). The number of aromatic nitrogens is 4. The lowest BCUT2D eigenvalue weighted by Crippen LogP contribution is -2.35. The molecule has 4 aromatic heterocycles. The average molecular weight is 866 g/mol. The molecule has 4 heterocycles. The molecule has 0 aliphatic heterocycles. The first-order chi connectivity index (χ1) is 32.2. The van der Waals surface area contributed by atoms with E-state index in [1.807, 2.05) is 83.7 Å². The van der Waals surface area contributed by atoms with Crippen LogP contribution in [0.3, 0.4) is 0 Å². The van der Waals surface area contributed by atoms with E-state index in [2.05, 4.69) is 188 Å². The average Bonchev–Trinajstić information content (AvgIpc) is 3.30. The molecule has 0 bridgehead atoms. The van der Waals surface area contributed by atoms with Crippen LogP contribution in [0.4, 0.5) is 0 Å². The van der Waals surface area contributed by atoms with E-state index in [0.717, 1.165) is 46.5 Å². The molecule has 0 fully saturated rings. The Morgan fingerprint density at radius 3 is 1.48 bits per heavy atom. The number of rotatable bonds is 8. The zero-order valence-electron chi connectivity index (χ0n) is 44.4. The molecule has 0 saturated heterocycles. The molecule has 4 aromatic carbocycles. The molecule has 334 valence electrons. The van der Waals surface area contributed by atoms with Gasteiger partial charge in [0.2, 0.25) is 22.8 Å². The summed E-state index contributed by atoms with van der Waals surface area (Å²) >= 11 is 0. The Kier molecular flexibility index (Phi) is 16.6. The lowest BCUT2D eigenvalue weighted by molar-refractivity contribution is -0.660. The molecule has 0 atom stereocenters. The third kappa shape index (κ3) is 13.3. The fourth-order valence-electron chi connectivity index (χ4n) is 7.88. The first kappa shape index (κ1) is 45.1. The summed E-state index contributed by atoms with van der Waals surface area (Å²) < 4.78 is 32.3. The molecule has 0 radical (unpaired) electrons. The van der Waals surface area contributed by atoms with E-state index in [1.165, 1.54) is 56.0 Å². The molecule has 65 heavy (non-hydrogen) atoms. The topological polar surface area (TPSA) is 15.5 Å². The van der Waals surface area contributed by atoms with Gasteiger partial charge in [0.25, 0.3) is 0 Å². The summed E-state index contributed by atoms with van der Waals surface area (Å²) in [5, 5.41) is 0. The summed E-state index contributed by atoms with van der Waals surface area (Å²) in [6, 6.07) is 50.3. The van der Waals surface area contributed by atoms with E-state index < -0.39 is 12.3 Å². The summed E-state index contributed by atoms with van der Waals surface area (Å²) in [5.74, 6) is -0.564. The predicted octanol–water partition coefficient (Wildman–Crippen LogP) is 12.9. The number of hydrogen-bond donors (Lipinski definition) is 0. The smallest absolute Gasteiger partial charge is 0.201 e. The first-order valence-electron chi connectivity index (χ1n) is 24.5. The van der Waals surface area contributed by atoms with Crippen molar-refractivity contribution in [1.82, 2.24) is 0 Å². The third-order valence-corrected chi connectivity index (χ3v) is 12.0. The second-order valence-electron chi connectivity index (χ2n) is 17.1. The molecule has 0 spiro atoms. The Bertz CT molecular complexity index is 2940. The molecule has 0 aliphatic rings. The van der Waals surface area contributed by atoms with Crippen molar-refractivity contribution in [1.29, 1.82) is 0 Å². The van der Waals surface area contributed by atoms with Gasteiger partial charge < -0.3 is 0 Å². The van der Waals surface area contributed by atoms with Gasteiger partial charge >= 0.3 is 0 Å². The van der Waals surface area contributed by atoms with Crippen LogP contribution in [-0.2, 0) is 40.4 Å². The summed E-state index contributed by atoms with van der Waals surface area (Å²) in [4.78, 5) is 0. The molecule has 4 nitrogen and oxygen atoms in total. The van der Waals surface area contributed by atoms with Gasteiger partial charge in [0.15, 0.2) is 30.5 Å². The summed E-state index contributed by atoms with van der Waals surface area (Å²) in [6.07, 6.45) is 9.26. The van der Waals surface area contributed by atoms with Gasteiger partial charge in [0, 0.05) is 87.4 Å². The Morgan fingerprint density at radius 2 is 0.954 bits per heavy atom. The minimum absolute atomic E-state index is 0.564. The number of hydrogen-bond acceptors (Lipinski definition) is 0. The zero-order chi connectivity index (χ0) is 49.8. The zero-order valence-corrected chi connectivity index (χ0v) is 41.4. The minimum Gasteiger partial charge on any atom is -0.201 e. The molecule has 8 aromatic rings. The van der Waals surface area contributed by atoms with Gasteiger partial charge in [-0.25, -0.2) is 13.7 Å². The SMILES string of the molecule is CCc1ccc(-c2cccc[n+]2C)c(C)c1.CCc1ccc(C)[n+](-c2ccccc2C)c1.[2H]C(C)(C)c1cc[n+](C)c(-c2ccccc2C)c1.[2H]C([2H])(C)c1ccc(-c2cccc[n+]2C)c(C)c1.